The third-order valence-electron chi connectivity index (χ3n) is 10.3. The number of hydrogen-bond donors (Lipinski definition) is 2. The largest absolute Gasteiger partial charge is 0.428 e. The molecule has 0 aromatic rings. The Morgan fingerprint density at radius 1 is 0.465 bits per heavy atom. The Morgan fingerprint density at radius 3 is 1.28 bits per heavy atom. The van der Waals surface area contributed by atoms with E-state index in [2.05, 4.69) is 44.6 Å². The molecule has 6 nitrogen and oxygen atoms in total. The van der Waals surface area contributed by atoms with Gasteiger partial charge in [0.25, 0.3) is 0 Å². The van der Waals surface area contributed by atoms with Crippen LogP contribution in [0.1, 0.15) is 169 Å². The second-order valence-corrected chi connectivity index (χ2v) is 20.1. The van der Waals surface area contributed by atoms with Gasteiger partial charge in [0.1, 0.15) is 0 Å². The van der Waals surface area contributed by atoms with Crippen LogP contribution in [0.5, 0.6) is 0 Å². The van der Waals surface area contributed by atoms with Crippen molar-refractivity contribution in [1.29, 1.82) is 0 Å². The third-order valence-corrected chi connectivity index (χ3v) is 18.0. The van der Waals surface area contributed by atoms with Crippen molar-refractivity contribution in [2.75, 3.05) is 26.4 Å². The Bertz CT molecular complexity index is 683. The molecule has 0 saturated heterocycles. The zero-order chi connectivity index (χ0) is 30.8. The van der Waals surface area contributed by atoms with Crippen molar-refractivity contribution in [2.24, 2.45) is 5.92 Å². The lowest BCUT2D eigenvalue weighted by atomic mass is 9.90. The lowest BCUT2D eigenvalue weighted by Crippen LogP contribution is -2.64. The summed E-state index contributed by atoms with van der Waals surface area (Å²) in [5.41, 5.74) is 1.28. The molecule has 0 bridgehead atoms. The van der Waals surface area contributed by atoms with Gasteiger partial charge in [-0.25, -0.2) is 0 Å². The van der Waals surface area contributed by atoms with Crippen LogP contribution in [-0.2, 0) is 17.7 Å². The van der Waals surface area contributed by atoms with Crippen molar-refractivity contribution in [2.45, 2.75) is 193 Å². The molecule has 4 rings (SSSR count). The fraction of sp³-hybridized carbons (Fsp3) is 1.00. The Hall–Kier alpha value is 0.194. The van der Waals surface area contributed by atoms with Gasteiger partial charge in [0, 0.05) is 49.6 Å². The van der Waals surface area contributed by atoms with E-state index in [9.17, 15) is 0 Å². The summed E-state index contributed by atoms with van der Waals surface area (Å²) in [7, 11) is -4.57. The molecule has 4 saturated carbocycles. The van der Waals surface area contributed by atoms with Crippen molar-refractivity contribution < 1.29 is 17.7 Å². The molecular weight excluding hydrogens is 569 g/mol. The van der Waals surface area contributed by atoms with Crippen LogP contribution in [0, 0.1) is 5.92 Å². The summed E-state index contributed by atoms with van der Waals surface area (Å²) in [6, 6.07) is 1.28. The van der Waals surface area contributed by atoms with Crippen LogP contribution >= 0.6 is 0 Å². The van der Waals surface area contributed by atoms with Gasteiger partial charge < -0.3 is 17.7 Å². The Balaban J connectivity index is 0.000000236. The Morgan fingerprint density at radius 2 is 0.837 bits per heavy atom. The second-order valence-electron chi connectivity index (χ2n) is 14.2. The molecule has 8 heteroatoms. The van der Waals surface area contributed by atoms with E-state index in [1.54, 1.807) is 0 Å². The van der Waals surface area contributed by atoms with Gasteiger partial charge in [-0.2, -0.15) is 0 Å². The second kappa shape index (κ2) is 21.1. The van der Waals surface area contributed by atoms with Crippen molar-refractivity contribution in [3.05, 3.63) is 0 Å². The fourth-order valence-corrected chi connectivity index (χ4v) is 16.3. The monoisotopic (exact) mass is 641 g/mol. The first-order valence-corrected chi connectivity index (χ1v) is 22.9. The van der Waals surface area contributed by atoms with Crippen LogP contribution in [0.15, 0.2) is 0 Å². The van der Waals surface area contributed by atoms with Gasteiger partial charge in [-0.1, -0.05) is 98.8 Å². The molecule has 0 radical (unpaired) electrons. The van der Waals surface area contributed by atoms with Gasteiger partial charge in [-0.05, 0) is 76.5 Å². The summed E-state index contributed by atoms with van der Waals surface area (Å²) < 4.78 is 26.1. The molecule has 0 aromatic carbocycles. The molecule has 0 spiro atoms. The van der Waals surface area contributed by atoms with Crippen molar-refractivity contribution in [3.63, 3.8) is 0 Å². The van der Waals surface area contributed by atoms with E-state index in [4.69, 9.17) is 17.7 Å². The highest BCUT2D eigenvalue weighted by molar-refractivity contribution is 6.67. The van der Waals surface area contributed by atoms with Gasteiger partial charge in [0.05, 0.1) is 0 Å². The molecule has 43 heavy (non-hydrogen) atoms. The van der Waals surface area contributed by atoms with Crippen LogP contribution in [0.4, 0.5) is 0 Å². The summed E-state index contributed by atoms with van der Waals surface area (Å²) >= 11 is 0. The smallest absolute Gasteiger partial charge is 0.383 e. The predicted octanol–water partition coefficient (Wildman–Crippen LogP) is 9.54. The van der Waals surface area contributed by atoms with E-state index in [1.807, 2.05) is 0 Å². The lowest BCUT2D eigenvalue weighted by Gasteiger charge is -2.43. The molecule has 0 aromatic heterocycles. The first kappa shape index (κ1) is 37.6. The van der Waals surface area contributed by atoms with Crippen LogP contribution in [0.25, 0.3) is 0 Å². The summed E-state index contributed by atoms with van der Waals surface area (Å²) in [5.74, 6) is 0.739. The first-order chi connectivity index (χ1) is 21.0. The molecule has 0 amide bonds. The molecular formula is C35H72N2O4Si2. The van der Waals surface area contributed by atoms with E-state index < -0.39 is 17.4 Å². The molecule has 0 heterocycles. The summed E-state index contributed by atoms with van der Waals surface area (Å²) in [4.78, 5) is 7.96. The molecule has 2 atom stereocenters. The van der Waals surface area contributed by atoms with Crippen molar-refractivity contribution >= 4 is 17.4 Å². The van der Waals surface area contributed by atoms with Crippen molar-refractivity contribution in [1.82, 2.24) is 9.96 Å². The number of rotatable bonds is 18. The van der Waals surface area contributed by atoms with E-state index in [0.29, 0.717) is 23.2 Å². The summed E-state index contributed by atoms with van der Waals surface area (Å²) in [6.45, 7) is 14.6. The maximum absolute atomic E-state index is 6.56. The van der Waals surface area contributed by atoms with Crippen LogP contribution < -0.4 is 9.96 Å². The fourth-order valence-electron chi connectivity index (χ4n) is 8.01. The summed E-state index contributed by atoms with van der Waals surface area (Å²) in [6.07, 6.45) is 27.1. The first-order valence-electron chi connectivity index (χ1n) is 19.1. The normalized spacial score (nSPS) is 24.8. The maximum atomic E-state index is 6.56. The number of hydrogen-bond acceptors (Lipinski definition) is 6. The van der Waals surface area contributed by atoms with Crippen LogP contribution in [-0.4, -0.2) is 56.0 Å². The van der Waals surface area contributed by atoms with E-state index in [-0.39, 0.29) is 0 Å². The van der Waals surface area contributed by atoms with Gasteiger partial charge in [0.15, 0.2) is 0 Å². The van der Waals surface area contributed by atoms with E-state index in [1.165, 1.54) is 109 Å². The zero-order valence-electron chi connectivity index (χ0n) is 29.2. The zero-order valence-corrected chi connectivity index (χ0v) is 31.2. The lowest BCUT2D eigenvalue weighted by molar-refractivity contribution is 0.126. The standard InChI is InChI=1S/C18H37NO2Si.C17H35NO2Si/c1-4-14-20-22(21-15-5-2,19-17-11-7-8-12-17)18-13-9-6-10-16(18)3;1-3-14-19-21(20-15-4-2,17-12-6-5-7-13-17)18-16-10-8-9-11-16/h16-19H,4-15H2,1-3H3;16-18H,3-15H2,1-2H3. The highest BCUT2D eigenvalue weighted by Gasteiger charge is 2.51. The number of nitrogens with one attached hydrogen (secondary N) is 2. The molecule has 254 valence electrons. The van der Waals surface area contributed by atoms with E-state index >= 15 is 0 Å². The highest BCUT2D eigenvalue weighted by atomic mass is 28.4. The Kier molecular flexibility index (Phi) is 18.5. The quantitative estimate of drug-likeness (QED) is 0.146. The molecule has 2 unspecified atom stereocenters. The molecule has 0 aliphatic heterocycles. The van der Waals surface area contributed by atoms with E-state index in [0.717, 1.165) is 58.0 Å². The minimum atomic E-state index is -2.31. The Labute approximate surface area is 269 Å². The molecule has 2 N–H and O–H groups in total. The van der Waals surface area contributed by atoms with Crippen LogP contribution in [0.3, 0.4) is 0 Å². The van der Waals surface area contributed by atoms with Gasteiger partial charge in [-0.3, -0.25) is 9.96 Å². The minimum Gasteiger partial charge on any atom is -0.383 e. The molecule has 4 aliphatic carbocycles. The predicted molar refractivity (Wildman–Crippen MR) is 185 cm³/mol. The molecule has 4 fully saturated rings. The SMILES string of the molecule is CCCO[Si](NC1CCCC1)(OCCC)C1CCCCC1.CCCO[Si](NC1CCCC1)(OCCC)C1CCCCC1C. The third kappa shape index (κ3) is 12.1. The van der Waals surface area contributed by atoms with Crippen molar-refractivity contribution in [3.8, 4) is 0 Å². The summed E-state index contributed by atoms with van der Waals surface area (Å²) in [5, 5.41) is 0. The molecule has 4 aliphatic rings. The highest BCUT2D eigenvalue weighted by Crippen LogP contribution is 2.42. The average molecular weight is 641 g/mol. The average Bonchev–Trinajstić information content (AvgIpc) is 3.76. The minimum absolute atomic E-state index is 0.625. The topological polar surface area (TPSA) is 61.0 Å². The van der Waals surface area contributed by atoms with Gasteiger partial charge >= 0.3 is 17.4 Å². The maximum Gasteiger partial charge on any atom is 0.428 e. The van der Waals surface area contributed by atoms with Gasteiger partial charge in [0.2, 0.25) is 0 Å². The van der Waals surface area contributed by atoms with Crippen LogP contribution in [0.2, 0.25) is 11.1 Å². The van der Waals surface area contributed by atoms with Gasteiger partial charge in [-0.15, -0.1) is 0 Å².